The van der Waals surface area contributed by atoms with E-state index in [1.54, 1.807) is 36.1 Å². The predicted molar refractivity (Wildman–Crippen MR) is 68.5 cm³/mol. The van der Waals surface area contributed by atoms with Gasteiger partial charge >= 0.3 is 0 Å². The van der Waals surface area contributed by atoms with Crippen molar-refractivity contribution in [2.45, 2.75) is 6.54 Å². The first kappa shape index (κ1) is 12.8. The summed E-state index contributed by atoms with van der Waals surface area (Å²) >= 11 is 3.04. The van der Waals surface area contributed by atoms with E-state index in [0.29, 0.717) is 0 Å². The lowest BCUT2D eigenvalue weighted by molar-refractivity contribution is 0.0946. The molecule has 0 aliphatic rings. The third-order valence-electron chi connectivity index (χ3n) is 2.40. The van der Waals surface area contributed by atoms with Crippen LogP contribution in [0.15, 0.2) is 34.9 Å². The van der Waals surface area contributed by atoms with Gasteiger partial charge in [0.1, 0.15) is 5.82 Å². The first-order valence-corrected chi connectivity index (χ1v) is 6.08. The van der Waals surface area contributed by atoms with Crippen LogP contribution in [0.2, 0.25) is 0 Å². The summed E-state index contributed by atoms with van der Waals surface area (Å²) in [6.07, 6.45) is 1.78. The zero-order valence-electron chi connectivity index (χ0n) is 9.65. The van der Waals surface area contributed by atoms with E-state index < -0.39 is 11.7 Å². The summed E-state index contributed by atoms with van der Waals surface area (Å²) in [6.45, 7) is 0.269. The molecule has 2 rings (SSSR count). The van der Waals surface area contributed by atoms with E-state index in [9.17, 15) is 9.18 Å². The van der Waals surface area contributed by atoms with E-state index in [2.05, 4.69) is 26.3 Å². The number of hydrogen-bond donors (Lipinski definition) is 1. The van der Waals surface area contributed by atoms with Crippen LogP contribution in [0.1, 0.15) is 16.1 Å². The molecule has 0 aliphatic carbocycles. The maximum atomic E-state index is 13.7. The molecule has 0 radical (unpaired) electrons. The van der Waals surface area contributed by atoms with Crippen molar-refractivity contribution in [1.82, 2.24) is 15.1 Å². The van der Waals surface area contributed by atoms with E-state index in [-0.39, 0.29) is 16.6 Å². The highest BCUT2D eigenvalue weighted by atomic mass is 79.9. The van der Waals surface area contributed by atoms with Gasteiger partial charge in [0.25, 0.3) is 5.91 Å². The van der Waals surface area contributed by atoms with Crippen LogP contribution in [0.3, 0.4) is 0 Å². The van der Waals surface area contributed by atoms with Gasteiger partial charge in [-0.1, -0.05) is 6.07 Å². The van der Waals surface area contributed by atoms with Crippen molar-refractivity contribution in [2.24, 2.45) is 7.05 Å². The molecule has 94 valence electrons. The first-order valence-electron chi connectivity index (χ1n) is 5.28. The summed E-state index contributed by atoms with van der Waals surface area (Å²) in [5.74, 6) is -1.02. The molecule has 0 bridgehead atoms. The van der Waals surface area contributed by atoms with Crippen molar-refractivity contribution in [2.75, 3.05) is 0 Å². The Bertz CT molecular complexity index is 582. The predicted octanol–water partition coefficient (Wildman–Crippen LogP) is 2.25. The van der Waals surface area contributed by atoms with Gasteiger partial charge in [-0.05, 0) is 34.1 Å². The minimum atomic E-state index is -0.559. The Morgan fingerprint density at radius 3 is 2.94 bits per heavy atom. The Hall–Kier alpha value is -1.69. The molecule has 0 spiro atoms. The number of benzene rings is 1. The summed E-state index contributed by atoms with van der Waals surface area (Å²) < 4.78 is 15.6. The van der Waals surface area contributed by atoms with Gasteiger partial charge in [-0.15, -0.1) is 0 Å². The van der Waals surface area contributed by atoms with Gasteiger partial charge in [-0.2, -0.15) is 5.10 Å². The first-order chi connectivity index (χ1) is 8.58. The monoisotopic (exact) mass is 311 g/mol. The van der Waals surface area contributed by atoms with Crippen LogP contribution in [0.25, 0.3) is 0 Å². The zero-order valence-corrected chi connectivity index (χ0v) is 11.2. The van der Waals surface area contributed by atoms with E-state index in [1.807, 2.05) is 0 Å². The molecular formula is C12H11BrFN3O. The molecular weight excluding hydrogens is 301 g/mol. The summed E-state index contributed by atoms with van der Waals surface area (Å²) in [4.78, 5) is 11.8. The van der Waals surface area contributed by atoms with Crippen molar-refractivity contribution >= 4 is 21.8 Å². The molecule has 4 nitrogen and oxygen atoms in total. The van der Waals surface area contributed by atoms with Crippen LogP contribution in [-0.2, 0) is 13.6 Å². The van der Waals surface area contributed by atoms with Crippen LogP contribution < -0.4 is 5.32 Å². The van der Waals surface area contributed by atoms with Crippen molar-refractivity contribution in [1.29, 1.82) is 0 Å². The van der Waals surface area contributed by atoms with E-state index in [0.717, 1.165) is 5.69 Å². The Labute approximate surface area is 112 Å². The maximum Gasteiger partial charge on any atom is 0.254 e. The number of carbonyl (C=O) groups is 1. The highest BCUT2D eigenvalue weighted by molar-refractivity contribution is 9.10. The van der Waals surface area contributed by atoms with E-state index in [4.69, 9.17) is 0 Å². The third kappa shape index (κ3) is 2.76. The number of aryl methyl sites for hydroxylation is 1. The lowest BCUT2D eigenvalue weighted by Crippen LogP contribution is -2.24. The minimum Gasteiger partial charge on any atom is -0.346 e. The fourth-order valence-corrected chi connectivity index (χ4v) is 1.87. The number of nitrogens with one attached hydrogen (secondary N) is 1. The molecule has 1 heterocycles. The van der Waals surface area contributed by atoms with Crippen molar-refractivity contribution in [3.8, 4) is 0 Å². The fourth-order valence-electron chi connectivity index (χ4n) is 1.50. The second-order valence-electron chi connectivity index (χ2n) is 3.76. The largest absolute Gasteiger partial charge is 0.346 e. The molecule has 0 atom stereocenters. The zero-order chi connectivity index (χ0) is 13.1. The second kappa shape index (κ2) is 5.30. The van der Waals surface area contributed by atoms with Gasteiger partial charge in [-0.25, -0.2) is 4.39 Å². The average Bonchev–Trinajstić information content (AvgIpc) is 2.76. The molecule has 18 heavy (non-hydrogen) atoms. The molecule has 1 aromatic heterocycles. The van der Waals surface area contributed by atoms with Gasteiger partial charge in [0, 0.05) is 13.2 Å². The third-order valence-corrected chi connectivity index (χ3v) is 3.01. The standard InChI is InChI=1S/C12H11BrFN3O/c1-17-6-5-8(16-17)7-15-12(18)9-3-2-4-10(13)11(9)14/h2-6H,7H2,1H3,(H,15,18). The molecule has 6 heteroatoms. The van der Waals surface area contributed by atoms with Crippen molar-refractivity contribution < 1.29 is 9.18 Å². The Morgan fingerprint density at radius 2 is 2.28 bits per heavy atom. The highest BCUT2D eigenvalue weighted by Crippen LogP contribution is 2.18. The number of amides is 1. The minimum absolute atomic E-state index is 0.0142. The van der Waals surface area contributed by atoms with Gasteiger partial charge < -0.3 is 5.32 Å². The maximum absolute atomic E-state index is 13.7. The summed E-state index contributed by atoms with van der Waals surface area (Å²) in [5, 5.41) is 6.74. The summed E-state index contributed by atoms with van der Waals surface area (Å²) in [7, 11) is 1.79. The number of aromatic nitrogens is 2. The Morgan fingerprint density at radius 1 is 1.50 bits per heavy atom. The van der Waals surface area contributed by atoms with Crippen LogP contribution >= 0.6 is 15.9 Å². The average molecular weight is 312 g/mol. The van der Waals surface area contributed by atoms with Crippen LogP contribution in [0.5, 0.6) is 0 Å². The van der Waals surface area contributed by atoms with Crippen molar-refractivity contribution in [3.05, 3.63) is 52.0 Å². The molecule has 0 saturated heterocycles. The number of rotatable bonds is 3. The summed E-state index contributed by atoms with van der Waals surface area (Å²) in [6, 6.07) is 6.39. The Balaban J connectivity index is 2.06. The summed E-state index contributed by atoms with van der Waals surface area (Å²) in [5.41, 5.74) is 0.738. The smallest absolute Gasteiger partial charge is 0.254 e. The molecule has 2 aromatic rings. The number of halogens is 2. The molecule has 0 fully saturated rings. The number of carbonyl (C=O) groups excluding carboxylic acids is 1. The lowest BCUT2D eigenvalue weighted by atomic mass is 10.2. The molecule has 1 N–H and O–H groups in total. The fraction of sp³-hybridized carbons (Fsp3) is 0.167. The van der Waals surface area contributed by atoms with Crippen LogP contribution in [-0.4, -0.2) is 15.7 Å². The number of hydrogen-bond acceptors (Lipinski definition) is 2. The van der Waals surface area contributed by atoms with Gasteiger partial charge in [-0.3, -0.25) is 9.48 Å². The van der Waals surface area contributed by atoms with Crippen LogP contribution in [0.4, 0.5) is 4.39 Å². The highest BCUT2D eigenvalue weighted by Gasteiger charge is 2.13. The van der Waals surface area contributed by atoms with Gasteiger partial charge in [0.05, 0.1) is 22.3 Å². The SMILES string of the molecule is Cn1ccc(CNC(=O)c2cccc(Br)c2F)n1. The van der Waals surface area contributed by atoms with Crippen molar-refractivity contribution in [3.63, 3.8) is 0 Å². The molecule has 0 saturated carbocycles. The van der Waals surface area contributed by atoms with Gasteiger partial charge in [0.2, 0.25) is 0 Å². The molecule has 1 amide bonds. The lowest BCUT2D eigenvalue weighted by Gasteiger charge is -2.05. The topological polar surface area (TPSA) is 46.9 Å². The Kier molecular flexibility index (Phi) is 3.76. The molecule has 1 aromatic carbocycles. The normalized spacial score (nSPS) is 10.4. The quantitative estimate of drug-likeness (QED) is 0.945. The van der Waals surface area contributed by atoms with E-state index >= 15 is 0 Å². The molecule has 0 unspecified atom stereocenters. The molecule has 0 aliphatic heterocycles. The van der Waals surface area contributed by atoms with Crippen LogP contribution in [0, 0.1) is 5.82 Å². The van der Waals surface area contributed by atoms with Gasteiger partial charge in [0.15, 0.2) is 0 Å². The second-order valence-corrected chi connectivity index (χ2v) is 4.62. The number of nitrogens with zero attached hydrogens (tertiary/aromatic N) is 2. The van der Waals surface area contributed by atoms with E-state index in [1.165, 1.54) is 6.07 Å².